The van der Waals surface area contributed by atoms with Crippen LogP contribution in [0.1, 0.15) is 74.0 Å². The van der Waals surface area contributed by atoms with Crippen LogP contribution in [0.25, 0.3) is 11.3 Å². The molecular formula is C30H35FN4O4S. The van der Waals surface area contributed by atoms with Crippen molar-refractivity contribution in [2.75, 3.05) is 11.6 Å². The van der Waals surface area contributed by atoms with Crippen molar-refractivity contribution in [2.24, 2.45) is 5.41 Å². The Kier molecular flexibility index (Phi) is 8.68. The van der Waals surface area contributed by atoms with Gasteiger partial charge < -0.3 is 10.6 Å². The first-order chi connectivity index (χ1) is 18.8. The molecule has 1 unspecified atom stereocenters. The van der Waals surface area contributed by atoms with Gasteiger partial charge in [-0.1, -0.05) is 63.6 Å². The van der Waals surface area contributed by atoms with E-state index in [1.165, 1.54) is 18.4 Å². The fourth-order valence-corrected chi connectivity index (χ4v) is 5.89. The van der Waals surface area contributed by atoms with Gasteiger partial charge in [0.2, 0.25) is 5.91 Å². The zero-order valence-electron chi connectivity index (χ0n) is 23.2. The Morgan fingerprint density at radius 3 is 2.45 bits per heavy atom. The molecule has 0 spiro atoms. The Morgan fingerprint density at radius 2 is 1.80 bits per heavy atom. The van der Waals surface area contributed by atoms with Gasteiger partial charge in [0, 0.05) is 29.7 Å². The van der Waals surface area contributed by atoms with Gasteiger partial charge in [0.25, 0.3) is 5.91 Å². The molecule has 1 fully saturated rings. The number of hydrogen-bond acceptors (Lipinski definition) is 6. The molecular weight excluding hydrogens is 531 g/mol. The molecule has 4 rings (SSSR count). The van der Waals surface area contributed by atoms with E-state index in [1.54, 1.807) is 33.0 Å². The van der Waals surface area contributed by atoms with Crippen molar-refractivity contribution in [1.29, 1.82) is 0 Å². The van der Waals surface area contributed by atoms with Gasteiger partial charge in [0.1, 0.15) is 21.3 Å². The monoisotopic (exact) mass is 566 g/mol. The van der Waals surface area contributed by atoms with Gasteiger partial charge in [-0.3, -0.25) is 9.59 Å². The Morgan fingerprint density at radius 1 is 1.07 bits per heavy atom. The number of rotatable bonds is 7. The molecule has 2 amide bonds. The molecule has 212 valence electrons. The first-order valence-corrected chi connectivity index (χ1v) is 15.3. The number of hydrogen-bond donors (Lipinski definition) is 2. The Balaban J connectivity index is 1.66. The number of amides is 2. The molecule has 40 heavy (non-hydrogen) atoms. The largest absolute Gasteiger partial charge is 0.348 e. The van der Waals surface area contributed by atoms with Gasteiger partial charge in [-0.2, -0.15) is 0 Å². The summed E-state index contributed by atoms with van der Waals surface area (Å²) in [4.78, 5) is 34.7. The molecule has 1 saturated carbocycles. The molecule has 0 bridgehead atoms. The van der Waals surface area contributed by atoms with Crippen molar-refractivity contribution in [2.45, 2.75) is 64.2 Å². The number of carbonyl (C=O) groups is 2. The van der Waals surface area contributed by atoms with Crippen LogP contribution in [0.4, 0.5) is 10.2 Å². The van der Waals surface area contributed by atoms with E-state index < -0.39 is 32.2 Å². The second-order valence-electron chi connectivity index (χ2n) is 11.4. The van der Waals surface area contributed by atoms with Crippen LogP contribution < -0.4 is 10.6 Å². The van der Waals surface area contributed by atoms with Crippen molar-refractivity contribution in [3.8, 4) is 11.3 Å². The van der Waals surface area contributed by atoms with Crippen LogP contribution in [-0.4, -0.2) is 41.7 Å². The first kappa shape index (κ1) is 29.3. The number of carbonyl (C=O) groups excluding carboxylic acids is 2. The lowest BCUT2D eigenvalue weighted by molar-refractivity contribution is -0.123. The van der Waals surface area contributed by atoms with Crippen molar-refractivity contribution < 1.29 is 22.4 Å². The average molecular weight is 567 g/mol. The number of benzene rings is 2. The standard InChI is InChI=1S/C30H35FN4O4S/c1-30(2,3)29(37)35-27-26(34-25(18-32-27)20-11-8-12-22(15-20)40(4,38)39)21-13-14-23(24(31)16-21)28(36)33-17-19-9-6-5-7-10-19/h5-7,9-10,13-14,16,18,20,22H,8,11-12,15,17H2,1-4H3,(H,33,36)(H,32,35,37)/t20?,22-/m1/s1. The smallest absolute Gasteiger partial charge is 0.254 e. The molecule has 10 heteroatoms. The molecule has 3 aromatic rings. The summed E-state index contributed by atoms with van der Waals surface area (Å²) in [6.07, 6.45) is 5.33. The van der Waals surface area contributed by atoms with Crippen LogP contribution >= 0.6 is 0 Å². The van der Waals surface area contributed by atoms with Gasteiger partial charge in [-0.05, 0) is 37.0 Å². The van der Waals surface area contributed by atoms with Gasteiger partial charge in [-0.15, -0.1) is 0 Å². The van der Waals surface area contributed by atoms with Gasteiger partial charge in [0.15, 0.2) is 5.82 Å². The first-order valence-electron chi connectivity index (χ1n) is 13.3. The maximum atomic E-state index is 15.3. The number of anilines is 1. The highest BCUT2D eigenvalue weighted by Gasteiger charge is 2.31. The topological polar surface area (TPSA) is 118 Å². The molecule has 1 heterocycles. The van der Waals surface area contributed by atoms with E-state index in [0.717, 1.165) is 18.4 Å². The van der Waals surface area contributed by atoms with Gasteiger partial charge >= 0.3 is 0 Å². The predicted octanol–water partition coefficient (Wildman–Crippen LogP) is 5.27. The summed E-state index contributed by atoms with van der Waals surface area (Å²) >= 11 is 0. The Labute approximate surface area is 234 Å². The molecule has 2 atom stereocenters. The Bertz CT molecular complexity index is 1500. The molecule has 0 aliphatic heterocycles. The van der Waals surface area contributed by atoms with E-state index in [0.29, 0.717) is 24.1 Å². The highest BCUT2D eigenvalue weighted by Crippen LogP contribution is 2.37. The molecule has 2 N–H and O–H groups in total. The molecule has 0 radical (unpaired) electrons. The van der Waals surface area contributed by atoms with Crippen molar-refractivity contribution >= 4 is 27.5 Å². The minimum atomic E-state index is -3.20. The quantitative estimate of drug-likeness (QED) is 0.402. The van der Waals surface area contributed by atoms with E-state index in [1.807, 2.05) is 30.3 Å². The van der Waals surface area contributed by atoms with E-state index in [-0.39, 0.29) is 35.4 Å². The van der Waals surface area contributed by atoms with Crippen LogP contribution in [0.2, 0.25) is 0 Å². The third kappa shape index (κ3) is 7.10. The van der Waals surface area contributed by atoms with Gasteiger partial charge in [0.05, 0.1) is 22.7 Å². The van der Waals surface area contributed by atoms with Crippen LogP contribution in [-0.2, 0) is 21.2 Å². The number of nitrogens with zero attached hydrogens (tertiary/aromatic N) is 2. The summed E-state index contributed by atoms with van der Waals surface area (Å²) < 4.78 is 39.7. The molecule has 1 aromatic heterocycles. The minimum absolute atomic E-state index is 0.118. The highest BCUT2D eigenvalue weighted by atomic mass is 32.2. The zero-order valence-corrected chi connectivity index (χ0v) is 24.0. The summed E-state index contributed by atoms with van der Waals surface area (Å²) in [7, 11) is -3.20. The maximum absolute atomic E-state index is 15.3. The molecule has 1 aliphatic carbocycles. The van der Waals surface area contributed by atoms with Crippen molar-refractivity contribution in [1.82, 2.24) is 15.3 Å². The summed E-state index contributed by atoms with van der Waals surface area (Å²) in [5.41, 5.74) is 1.24. The SMILES string of the molecule is CC(C)(C)C(=O)Nc1ncc(C2CCC[C@@H](S(C)(=O)=O)C2)nc1-c1ccc(C(=O)NCc2ccccc2)c(F)c1. The lowest BCUT2D eigenvalue weighted by atomic mass is 9.86. The highest BCUT2D eigenvalue weighted by molar-refractivity contribution is 7.91. The third-order valence-corrected chi connectivity index (χ3v) is 8.78. The van der Waals surface area contributed by atoms with E-state index in [9.17, 15) is 18.0 Å². The summed E-state index contributed by atoms with van der Waals surface area (Å²) in [6, 6.07) is 13.5. The Hall–Kier alpha value is -3.66. The fraction of sp³-hybridized carbons (Fsp3) is 0.400. The summed E-state index contributed by atoms with van der Waals surface area (Å²) in [5.74, 6) is -1.55. The molecule has 2 aromatic carbocycles. The van der Waals surface area contributed by atoms with Crippen LogP contribution in [0.3, 0.4) is 0 Å². The number of aromatic nitrogens is 2. The van der Waals surface area contributed by atoms with Gasteiger partial charge in [-0.25, -0.2) is 22.8 Å². The zero-order chi connectivity index (χ0) is 29.1. The van der Waals surface area contributed by atoms with Crippen LogP contribution in [0.15, 0.2) is 54.7 Å². The van der Waals surface area contributed by atoms with Crippen molar-refractivity contribution in [3.05, 3.63) is 77.4 Å². The second-order valence-corrected chi connectivity index (χ2v) is 13.7. The van der Waals surface area contributed by atoms with E-state index in [4.69, 9.17) is 4.98 Å². The van der Waals surface area contributed by atoms with Crippen molar-refractivity contribution in [3.63, 3.8) is 0 Å². The van der Waals surface area contributed by atoms with E-state index >= 15 is 4.39 Å². The fourth-order valence-electron chi connectivity index (χ4n) is 4.71. The van der Waals surface area contributed by atoms with E-state index in [2.05, 4.69) is 15.6 Å². The summed E-state index contributed by atoms with van der Waals surface area (Å²) in [6.45, 7) is 5.55. The average Bonchev–Trinajstić information content (AvgIpc) is 2.91. The number of sulfone groups is 1. The second kappa shape index (κ2) is 11.8. The number of nitrogens with one attached hydrogen (secondary N) is 2. The molecule has 1 aliphatic rings. The van der Waals surface area contributed by atoms with Crippen LogP contribution in [0, 0.1) is 11.2 Å². The lowest BCUT2D eigenvalue weighted by Crippen LogP contribution is -2.29. The maximum Gasteiger partial charge on any atom is 0.254 e. The normalized spacial score (nSPS) is 17.7. The third-order valence-electron chi connectivity index (χ3n) is 7.14. The molecule has 0 saturated heterocycles. The minimum Gasteiger partial charge on any atom is -0.348 e. The predicted molar refractivity (Wildman–Crippen MR) is 153 cm³/mol. The number of halogens is 1. The molecule has 8 nitrogen and oxygen atoms in total. The lowest BCUT2D eigenvalue weighted by Gasteiger charge is -2.28. The summed E-state index contributed by atoms with van der Waals surface area (Å²) in [5, 5.41) is 5.07. The van der Waals surface area contributed by atoms with Crippen LogP contribution in [0.5, 0.6) is 0 Å².